The Hall–Kier alpha value is -3.05. The van der Waals surface area contributed by atoms with Crippen molar-refractivity contribution in [1.82, 2.24) is 9.88 Å². The summed E-state index contributed by atoms with van der Waals surface area (Å²) in [7, 11) is 0. The Labute approximate surface area is 149 Å². The lowest BCUT2D eigenvalue weighted by Gasteiger charge is -2.21. The number of pyridine rings is 1. The van der Waals surface area contributed by atoms with Crippen molar-refractivity contribution in [2.45, 2.75) is 6.54 Å². The molecule has 1 aromatic heterocycles. The Morgan fingerprint density at radius 3 is 2.80 bits per heavy atom. The number of fused-ring (bicyclic) bond motifs is 2. The molecule has 0 aliphatic carbocycles. The number of allylic oxidation sites excluding steroid dienone is 2. The molecular formula is C19H13ClN4O. The molecule has 0 fully saturated rings. The van der Waals surface area contributed by atoms with Gasteiger partial charge < -0.3 is 4.90 Å². The molecule has 25 heavy (non-hydrogen) atoms. The van der Waals surface area contributed by atoms with Crippen molar-refractivity contribution < 1.29 is 4.79 Å². The summed E-state index contributed by atoms with van der Waals surface area (Å²) in [6, 6.07) is 12.9. The lowest BCUT2D eigenvalue weighted by molar-refractivity contribution is 0.0998. The Morgan fingerprint density at radius 2 is 1.96 bits per heavy atom. The summed E-state index contributed by atoms with van der Waals surface area (Å²) >= 11 is 6.10. The highest BCUT2D eigenvalue weighted by atomic mass is 35.5. The maximum absolute atomic E-state index is 12.5. The van der Waals surface area contributed by atoms with Crippen LogP contribution in [0.3, 0.4) is 0 Å². The summed E-state index contributed by atoms with van der Waals surface area (Å²) in [5, 5.41) is 0.626. The largest absolute Gasteiger partial charge is 0.327 e. The quantitative estimate of drug-likeness (QED) is 0.792. The third-order valence-electron chi connectivity index (χ3n) is 3.88. The van der Waals surface area contributed by atoms with Gasteiger partial charge in [-0.1, -0.05) is 41.9 Å². The molecule has 3 heterocycles. The molecule has 2 aromatic rings. The van der Waals surface area contributed by atoms with Crippen LogP contribution in [-0.4, -0.2) is 27.5 Å². The fourth-order valence-corrected chi connectivity index (χ4v) is 2.87. The molecular weight excluding hydrogens is 336 g/mol. The Morgan fingerprint density at radius 1 is 1.12 bits per heavy atom. The van der Waals surface area contributed by atoms with Gasteiger partial charge in [0, 0.05) is 24.5 Å². The fraction of sp³-hybridized carbons (Fsp3) is 0.0526. The lowest BCUT2D eigenvalue weighted by Crippen LogP contribution is -2.25. The minimum atomic E-state index is -0.420. The average Bonchev–Trinajstić information content (AvgIpc) is 2.79. The van der Waals surface area contributed by atoms with Crippen LogP contribution in [0.4, 0.5) is 0 Å². The minimum Gasteiger partial charge on any atom is -0.327 e. The van der Waals surface area contributed by atoms with Crippen LogP contribution in [0.25, 0.3) is 0 Å². The number of halogens is 1. The van der Waals surface area contributed by atoms with Gasteiger partial charge in [-0.15, -0.1) is 0 Å². The van der Waals surface area contributed by atoms with Gasteiger partial charge in [-0.05, 0) is 29.8 Å². The number of rotatable bonds is 1. The highest BCUT2D eigenvalue weighted by Crippen LogP contribution is 2.23. The summed E-state index contributed by atoms with van der Waals surface area (Å²) in [4.78, 5) is 27.3. The molecule has 0 N–H and O–H groups in total. The SMILES string of the molecule is O=C(N=C1N=C2C=CC(Cl)=CN2Cc2ccccc21)c1ccccn1. The maximum Gasteiger partial charge on any atom is 0.297 e. The van der Waals surface area contributed by atoms with E-state index in [0.29, 0.717) is 23.2 Å². The molecule has 5 nitrogen and oxygen atoms in total. The first-order valence-corrected chi connectivity index (χ1v) is 8.11. The Balaban J connectivity index is 1.82. The zero-order valence-corrected chi connectivity index (χ0v) is 13.9. The second kappa shape index (κ2) is 6.45. The van der Waals surface area contributed by atoms with Crippen molar-refractivity contribution in [1.29, 1.82) is 0 Å². The zero-order chi connectivity index (χ0) is 17.2. The smallest absolute Gasteiger partial charge is 0.297 e. The van der Waals surface area contributed by atoms with E-state index in [9.17, 15) is 4.79 Å². The van der Waals surface area contributed by atoms with Gasteiger partial charge in [0.2, 0.25) is 0 Å². The highest BCUT2D eigenvalue weighted by molar-refractivity contribution is 6.32. The third-order valence-corrected chi connectivity index (χ3v) is 4.10. The summed E-state index contributed by atoms with van der Waals surface area (Å²) < 4.78 is 0. The summed E-state index contributed by atoms with van der Waals surface area (Å²) in [6.45, 7) is 0.604. The molecule has 0 saturated carbocycles. The van der Waals surface area contributed by atoms with Crippen LogP contribution in [0.5, 0.6) is 0 Å². The third kappa shape index (κ3) is 3.14. The number of nitrogens with zero attached hydrogens (tertiary/aromatic N) is 4. The monoisotopic (exact) mass is 348 g/mol. The number of aromatic nitrogens is 1. The molecule has 0 radical (unpaired) electrons. The Kier molecular flexibility index (Phi) is 3.99. The van der Waals surface area contributed by atoms with Crippen LogP contribution in [-0.2, 0) is 6.54 Å². The zero-order valence-electron chi connectivity index (χ0n) is 13.1. The molecule has 0 spiro atoms. The predicted molar refractivity (Wildman–Crippen MR) is 97.6 cm³/mol. The summed E-state index contributed by atoms with van der Waals surface area (Å²) in [6.07, 6.45) is 6.97. The van der Waals surface area contributed by atoms with Gasteiger partial charge in [-0.2, -0.15) is 4.99 Å². The molecule has 0 unspecified atom stereocenters. The Bertz CT molecular complexity index is 960. The molecule has 1 aromatic carbocycles. The van der Waals surface area contributed by atoms with Crippen LogP contribution in [0.15, 0.2) is 82.0 Å². The van der Waals surface area contributed by atoms with Crippen molar-refractivity contribution in [2.75, 3.05) is 0 Å². The van der Waals surface area contributed by atoms with E-state index in [1.807, 2.05) is 41.4 Å². The molecule has 4 rings (SSSR count). The van der Waals surface area contributed by atoms with E-state index < -0.39 is 5.91 Å². The number of benzene rings is 1. The molecule has 122 valence electrons. The van der Waals surface area contributed by atoms with Gasteiger partial charge in [0.25, 0.3) is 5.91 Å². The van der Waals surface area contributed by atoms with Gasteiger partial charge in [-0.25, -0.2) is 4.99 Å². The second-order valence-electron chi connectivity index (χ2n) is 5.56. The first-order chi connectivity index (χ1) is 12.2. The van der Waals surface area contributed by atoms with Crippen LogP contribution >= 0.6 is 11.6 Å². The van der Waals surface area contributed by atoms with Gasteiger partial charge in [-0.3, -0.25) is 9.78 Å². The van der Waals surface area contributed by atoms with E-state index in [0.717, 1.165) is 11.1 Å². The highest BCUT2D eigenvalue weighted by Gasteiger charge is 2.21. The number of hydrogen-bond acceptors (Lipinski definition) is 3. The standard InChI is InChI=1S/C19H13ClN4O/c20-14-8-9-17-22-18(23-19(25)16-7-3-4-10-21-16)15-6-2-1-5-13(15)11-24(17)12-14/h1-10,12H,11H2. The van der Waals surface area contributed by atoms with Gasteiger partial charge in [0.1, 0.15) is 11.5 Å². The average molecular weight is 349 g/mol. The van der Waals surface area contributed by atoms with Crippen molar-refractivity contribution in [3.8, 4) is 0 Å². The summed E-state index contributed by atoms with van der Waals surface area (Å²) in [5.74, 6) is 0.643. The van der Waals surface area contributed by atoms with Gasteiger partial charge in [0.15, 0.2) is 5.84 Å². The number of amidine groups is 2. The predicted octanol–water partition coefficient (Wildman–Crippen LogP) is 3.53. The lowest BCUT2D eigenvalue weighted by atomic mass is 10.1. The molecule has 6 heteroatoms. The minimum absolute atomic E-state index is 0.288. The molecule has 0 bridgehead atoms. The number of carbonyl (C=O) groups is 1. The van der Waals surface area contributed by atoms with E-state index >= 15 is 0 Å². The first-order valence-electron chi connectivity index (χ1n) is 7.74. The van der Waals surface area contributed by atoms with Gasteiger partial charge in [0.05, 0.1) is 5.03 Å². The second-order valence-corrected chi connectivity index (χ2v) is 5.99. The van der Waals surface area contributed by atoms with E-state index in [4.69, 9.17) is 11.6 Å². The van der Waals surface area contributed by atoms with E-state index in [1.165, 1.54) is 0 Å². The normalized spacial score (nSPS) is 17.3. The number of amides is 1. The van der Waals surface area contributed by atoms with Crippen LogP contribution in [0.2, 0.25) is 0 Å². The van der Waals surface area contributed by atoms with Crippen molar-refractivity contribution in [3.63, 3.8) is 0 Å². The van der Waals surface area contributed by atoms with Crippen molar-refractivity contribution >= 4 is 29.2 Å². The first kappa shape index (κ1) is 15.5. The van der Waals surface area contributed by atoms with Crippen molar-refractivity contribution in [3.05, 3.63) is 88.9 Å². The number of hydrogen-bond donors (Lipinski definition) is 0. The van der Waals surface area contributed by atoms with E-state index in [2.05, 4.69) is 15.0 Å². The van der Waals surface area contributed by atoms with Crippen molar-refractivity contribution in [2.24, 2.45) is 9.98 Å². The van der Waals surface area contributed by atoms with Crippen LogP contribution in [0, 0.1) is 0 Å². The molecule has 0 atom stereocenters. The fourth-order valence-electron chi connectivity index (χ4n) is 2.69. The van der Waals surface area contributed by atoms with E-state index in [1.54, 1.807) is 30.5 Å². The summed E-state index contributed by atoms with van der Waals surface area (Å²) in [5.41, 5.74) is 2.13. The van der Waals surface area contributed by atoms with E-state index in [-0.39, 0.29) is 5.69 Å². The molecule has 2 aliphatic heterocycles. The topological polar surface area (TPSA) is 57.9 Å². The van der Waals surface area contributed by atoms with Crippen LogP contribution in [0.1, 0.15) is 21.6 Å². The van der Waals surface area contributed by atoms with Crippen LogP contribution < -0.4 is 0 Å². The molecule has 2 aliphatic rings. The maximum atomic E-state index is 12.5. The number of aliphatic imine (C=N–C) groups is 2. The molecule has 1 amide bonds. The number of carbonyl (C=O) groups excluding carboxylic acids is 1. The molecule has 0 saturated heterocycles. The van der Waals surface area contributed by atoms with Gasteiger partial charge >= 0.3 is 0 Å².